The molecule has 0 N–H and O–H groups in total. The zero-order valence-corrected chi connectivity index (χ0v) is 11.0. The van der Waals surface area contributed by atoms with E-state index in [2.05, 4.69) is 34.6 Å². The molecule has 3 rings (SSSR count). The first kappa shape index (κ1) is 11.3. The van der Waals surface area contributed by atoms with Crippen molar-refractivity contribution in [3.8, 4) is 0 Å². The van der Waals surface area contributed by atoms with Gasteiger partial charge < -0.3 is 9.47 Å². The minimum absolute atomic E-state index is 0.662. The molecule has 2 unspecified atom stereocenters. The highest BCUT2D eigenvalue weighted by Gasteiger charge is 2.25. The second kappa shape index (κ2) is 4.45. The van der Waals surface area contributed by atoms with Gasteiger partial charge >= 0.3 is 0 Å². The average Bonchev–Trinajstić information content (AvgIpc) is 2.88. The number of nitrogens with zero attached hydrogens (tertiary/aromatic N) is 3. The quantitative estimate of drug-likeness (QED) is 0.781. The van der Waals surface area contributed by atoms with Gasteiger partial charge in [0.25, 0.3) is 0 Å². The molecule has 0 aliphatic carbocycles. The Balaban J connectivity index is 1.77. The van der Waals surface area contributed by atoms with E-state index in [1.807, 2.05) is 0 Å². The highest BCUT2D eigenvalue weighted by molar-refractivity contribution is 5.11. The molecule has 1 aromatic heterocycles. The van der Waals surface area contributed by atoms with Gasteiger partial charge in [0, 0.05) is 30.9 Å². The maximum atomic E-state index is 4.68. The molecule has 1 saturated heterocycles. The van der Waals surface area contributed by atoms with Crippen LogP contribution in [0.1, 0.15) is 43.7 Å². The van der Waals surface area contributed by atoms with Crippen molar-refractivity contribution in [1.82, 2.24) is 14.5 Å². The van der Waals surface area contributed by atoms with Gasteiger partial charge in [-0.15, -0.1) is 0 Å². The summed E-state index contributed by atoms with van der Waals surface area (Å²) in [7, 11) is 2.23. The second-order valence-electron chi connectivity index (χ2n) is 5.90. The fourth-order valence-corrected chi connectivity index (χ4v) is 3.47. The maximum Gasteiger partial charge on any atom is 0.109 e. The third-order valence-electron chi connectivity index (χ3n) is 4.41. The molecule has 0 spiro atoms. The van der Waals surface area contributed by atoms with Gasteiger partial charge in [-0.05, 0) is 52.1 Å². The standard InChI is InChI=1S/C14H23N3/c1-11-4-3-5-13-9-15-14(17(11)13)8-12-6-7-16(2)10-12/h9,11-12H,3-8,10H2,1-2H3. The molecular formula is C14H23N3. The first-order valence-corrected chi connectivity index (χ1v) is 6.97. The number of aromatic nitrogens is 2. The van der Waals surface area contributed by atoms with Gasteiger partial charge in [0.1, 0.15) is 5.82 Å². The number of hydrogen-bond donors (Lipinski definition) is 0. The highest BCUT2D eigenvalue weighted by atomic mass is 15.1. The molecule has 2 atom stereocenters. The lowest BCUT2D eigenvalue weighted by molar-refractivity contribution is 0.380. The van der Waals surface area contributed by atoms with Gasteiger partial charge in [-0.2, -0.15) is 0 Å². The van der Waals surface area contributed by atoms with Crippen molar-refractivity contribution in [3.63, 3.8) is 0 Å². The van der Waals surface area contributed by atoms with Crippen LogP contribution in [0.2, 0.25) is 0 Å². The SMILES string of the molecule is CC1CCCc2cnc(CC3CCN(C)C3)n21. The van der Waals surface area contributed by atoms with E-state index in [0.717, 1.165) is 5.92 Å². The van der Waals surface area contributed by atoms with Crippen molar-refractivity contribution < 1.29 is 0 Å². The smallest absolute Gasteiger partial charge is 0.109 e. The summed E-state index contributed by atoms with van der Waals surface area (Å²) in [5.74, 6) is 2.16. The van der Waals surface area contributed by atoms with E-state index in [1.54, 1.807) is 0 Å². The molecule has 2 aliphatic rings. The number of aryl methyl sites for hydroxylation is 1. The monoisotopic (exact) mass is 233 g/mol. The third kappa shape index (κ3) is 2.13. The zero-order valence-electron chi connectivity index (χ0n) is 11.0. The largest absolute Gasteiger partial charge is 0.329 e. The van der Waals surface area contributed by atoms with Crippen LogP contribution in [0.3, 0.4) is 0 Å². The van der Waals surface area contributed by atoms with Crippen LogP contribution >= 0.6 is 0 Å². The summed E-state index contributed by atoms with van der Waals surface area (Å²) >= 11 is 0. The Morgan fingerprint density at radius 3 is 3.06 bits per heavy atom. The van der Waals surface area contributed by atoms with E-state index in [-0.39, 0.29) is 0 Å². The molecule has 0 radical (unpaired) electrons. The molecular weight excluding hydrogens is 210 g/mol. The van der Waals surface area contributed by atoms with Gasteiger partial charge in [0.05, 0.1) is 0 Å². The number of imidazole rings is 1. The lowest BCUT2D eigenvalue weighted by atomic mass is 10.0. The van der Waals surface area contributed by atoms with Gasteiger partial charge in [-0.3, -0.25) is 0 Å². The van der Waals surface area contributed by atoms with E-state index in [1.165, 1.54) is 56.7 Å². The second-order valence-corrected chi connectivity index (χ2v) is 5.90. The predicted molar refractivity (Wildman–Crippen MR) is 69.2 cm³/mol. The van der Waals surface area contributed by atoms with Gasteiger partial charge in [0.2, 0.25) is 0 Å². The molecule has 0 aromatic carbocycles. The Morgan fingerprint density at radius 1 is 1.41 bits per heavy atom. The highest BCUT2D eigenvalue weighted by Crippen LogP contribution is 2.28. The third-order valence-corrected chi connectivity index (χ3v) is 4.41. The van der Waals surface area contributed by atoms with E-state index in [0.29, 0.717) is 6.04 Å². The van der Waals surface area contributed by atoms with E-state index < -0.39 is 0 Å². The van der Waals surface area contributed by atoms with Crippen LogP contribution < -0.4 is 0 Å². The Bertz CT molecular complexity index is 396. The maximum absolute atomic E-state index is 4.68. The van der Waals surface area contributed by atoms with Gasteiger partial charge in [0.15, 0.2) is 0 Å². The molecule has 0 bridgehead atoms. The summed E-state index contributed by atoms with van der Waals surface area (Å²) in [4.78, 5) is 7.12. The first-order valence-electron chi connectivity index (χ1n) is 6.97. The first-order chi connectivity index (χ1) is 8.24. The van der Waals surface area contributed by atoms with Crippen LogP contribution in [0.4, 0.5) is 0 Å². The fraction of sp³-hybridized carbons (Fsp3) is 0.786. The summed E-state index contributed by atoms with van der Waals surface area (Å²) in [5.41, 5.74) is 1.46. The lowest BCUT2D eigenvalue weighted by Gasteiger charge is -2.24. The number of fused-ring (bicyclic) bond motifs is 1. The minimum atomic E-state index is 0.662. The van der Waals surface area contributed by atoms with Crippen LogP contribution in [0.15, 0.2) is 6.20 Å². The molecule has 1 aromatic rings. The van der Waals surface area contributed by atoms with Crippen LogP contribution in [0.5, 0.6) is 0 Å². The van der Waals surface area contributed by atoms with Crippen LogP contribution in [0, 0.1) is 5.92 Å². The van der Waals surface area contributed by atoms with Crippen molar-refractivity contribution in [1.29, 1.82) is 0 Å². The summed E-state index contributed by atoms with van der Waals surface area (Å²) < 4.78 is 2.52. The minimum Gasteiger partial charge on any atom is -0.329 e. The number of rotatable bonds is 2. The molecule has 94 valence electrons. The van der Waals surface area contributed by atoms with Crippen LogP contribution in [-0.4, -0.2) is 34.6 Å². The number of hydrogen-bond acceptors (Lipinski definition) is 2. The Hall–Kier alpha value is -0.830. The lowest BCUT2D eigenvalue weighted by Crippen LogP contribution is -2.20. The zero-order chi connectivity index (χ0) is 11.8. The topological polar surface area (TPSA) is 21.1 Å². The van der Waals surface area contributed by atoms with Gasteiger partial charge in [-0.25, -0.2) is 4.98 Å². The Labute approximate surface area is 104 Å². The van der Waals surface area contributed by atoms with Crippen molar-refractivity contribution in [2.75, 3.05) is 20.1 Å². The van der Waals surface area contributed by atoms with Gasteiger partial charge in [-0.1, -0.05) is 0 Å². The molecule has 0 saturated carbocycles. The van der Waals surface area contributed by atoms with Crippen molar-refractivity contribution in [2.45, 2.75) is 45.1 Å². The van der Waals surface area contributed by atoms with Crippen molar-refractivity contribution >= 4 is 0 Å². The van der Waals surface area contributed by atoms with Crippen molar-refractivity contribution in [2.24, 2.45) is 5.92 Å². The molecule has 0 amide bonds. The summed E-state index contributed by atoms with van der Waals surface area (Å²) in [5, 5.41) is 0. The van der Waals surface area contributed by atoms with E-state index >= 15 is 0 Å². The van der Waals surface area contributed by atoms with Crippen LogP contribution in [-0.2, 0) is 12.8 Å². The predicted octanol–water partition coefficient (Wildman–Crippen LogP) is 2.27. The number of likely N-dealkylation sites (tertiary alicyclic amines) is 1. The average molecular weight is 233 g/mol. The molecule has 1 fully saturated rings. The summed E-state index contributed by atoms with van der Waals surface area (Å²) in [6.45, 7) is 4.85. The molecule has 17 heavy (non-hydrogen) atoms. The van der Waals surface area contributed by atoms with E-state index in [9.17, 15) is 0 Å². The molecule has 2 aliphatic heterocycles. The summed E-state index contributed by atoms with van der Waals surface area (Å²) in [6, 6.07) is 0.662. The van der Waals surface area contributed by atoms with E-state index in [4.69, 9.17) is 0 Å². The molecule has 3 heteroatoms. The molecule has 3 nitrogen and oxygen atoms in total. The fourth-order valence-electron chi connectivity index (χ4n) is 3.47. The van der Waals surface area contributed by atoms with Crippen LogP contribution in [0.25, 0.3) is 0 Å². The molecule has 3 heterocycles. The Kier molecular flexibility index (Phi) is 2.95. The Morgan fingerprint density at radius 2 is 2.29 bits per heavy atom. The van der Waals surface area contributed by atoms with Crippen molar-refractivity contribution in [3.05, 3.63) is 17.7 Å². The normalized spacial score (nSPS) is 29.5. The summed E-state index contributed by atoms with van der Waals surface area (Å²) in [6.07, 6.45) is 8.51.